The number of aliphatic hydroxyl groups excluding tert-OH is 2. The highest BCUT2D eigenvalue weighted by Gasteiger charge is 2.66. The van der Waals surface area contributed by atoms with Crippen LogP contribution in [0.4, 0.5) is 20.6 Å². The highest BCUT2D eigenvalue weighted by Crippen LogP contribution is 2.62. The molecule has 0 bridgehead atoms. The number of hydrogen-bond donors (Lipinski definition) is 2. The van der Waals surface area contributed by atoms with Crippen LogP contribution in [0.3, 0.4) is 0 Å². The van der Waals surface area contributed by atoms with Crippen molar-refractivity contribution in [3.05, 3.63) is 182 Å². The molecule has 5 aromatic rings. The number of amides is 1. The number of non-ortho nitro benzene ring substituents is 2. The molecule has 18 nitrogen and oxygen atoms in total. The Balaban J connectivity index is 1.23. The monoisotopic (exact) mass is 1030 g/mol. The summed E-state index contributed by atoms with van der Waals surface area (Å²) >= 11 is 0. The molecular weight excluding hydrogens is 972 g/mol. The maximum Gasteiger partial charge on any atom is 0.416 e. The largest absolute Gasteiger partial charge is 0.489 e. The zero-order valence-corrected chi connectivity index (χ0v) is 41.0. The van der Waals surface area contributed by atoms with Crippen LogP contribution in [-0.2, 0) is 29.3 Å². The summed E-state index contributed by atoms with van der Waals surface area (Å²) in [6, 6.07) is 27.1. The third-order valence-corrected chi connectivity index (χ3v) is 14.2. The van der Waals surface area contributed by atoms with E-state index in [0.29, 0.717) is 83.9 Å². The summed E-state index contributed by atoms with van der Waals surface area (Å²) in [7, 11) is 0. The molecule has 5 aromatic carbocycles. The summed E-state index contributed by atoms with van der Waals surface area (Å²) in [6.07, 6.45) is 6.64. The number of fused-ring (bicyclic) bond motifs is 3. The first-order valence-corrected chi connectivity index (χ1v) is 24.9. The molecule has 4 aliphatic rings. The van der Waals surface area contributed by atoms with Crippen molar-refractivity contribution in [2.75, 3.05) is 26.6 Å². The van der Waals surface area contributed by atoms with Crippen LogP contribution in [0, 0.1) is 43.8 Å². The molecule has 1 saturated carbocycles. The van der Waals surface area contributed by atoms with Gasteiger partial charge in [0.2, 0.25) is 12.6 Å². The Morgan fingerprint density at radius 2 is 1.51 bits per heavy atom. The van der Waals surface area contributed by atoms with E-state index in [9.17, 15) is 34.8 Å². The average Bonchev–Trinajstić information content (AvgIpc) is 3.95. The third-order valence-electron chi connectivity index (χ3n) is 14.2. The molecule has 0 spiro atoms. The van der Waals surface area contributed by atoms with Crippen LogP contribution < -0.4 is 23.7 Å². The van der Waals surface area contributed by atoms with E-state index < -0.39 is 45.4 Å². The predicted octanol–water partition coefficient (Wildman–Crippen LogP) is 10.5. The van der Waals surface area contributed by atoms with Gasteiger partial charge >= 0.3 is 6.09 Å². The van der Waals surface area contributed by atoms with E-state index in [1.165, 1.54) is 47.4 Å². The molecule has 75 heavy (non-hydrogen) atoms. The predicted molar refractivity (Wildman–Crippen MR) is 271 cm³/mol. The zero-order valence-electron chi connectivity index (χ0n) is 41.0. The molecular formula is C56H57FN4O14. The van der Waals surface area contributed by atoms with Crippen molar-refractivity contribution < 1.29 is 62.5 Å². The van der Waals surface area contributed by atoms with Crippen LogP contribution in [0.2, 0.25) is 0 Å². The van der Waals surface area contributed by atoms with E-state index in [1.807, 2.05) is 6.07 Å². The zero-order chi connectivity index (χ0) is 52.5. The smallest absolute Gasteiger partial charge is 0.416 e. The number of aliphatic hydroxyl groups is 2. The fourth-order valence-electron chi connectivity index (χ4n) is 10.7. The summed E-state index contributed by atoms with van der Waals surface area (Å²) in [5, 5.41) is 48.1. The molecule has 0 radical (unpaired) electrons. The number of carbonyl (C=O) groups is 1. The lowest BCUT2D eigenvalue weighted by Crippen LogP contribution is -2.70. The first kappa shape index (κ1) is 52.0. The summed E-state index contributed by atoms with van der Waals surface area (Å²) in [5.74, 6) is -1.74. The number of nitrogens with zero attached hydrogens (tertiary/aromatic N) is 4. The van der Waals surface area contributed by atoms with Gasteiger partial charge in [-0.1, -0.05) is 54.4 Å². The van der Waals surface area contributed by atoms with Gasteiger partial charge in [0.05, 0.1) is 28.1 Å². The molecule has 1 fully saturated rings. The first-order chi connectivity index (χ1) is 36.5. The Hall–Kier alpha value is -7.87. The maximum atomic E-state index is 15.3. The Bertz CT molecular complexity index is 2930. The van der Waals surface area contributed by atoms with Crippen LogP contribution in [0.15, 0.2) is 139 Å². The van der Waals surface area contributed by atoms with Crippen molar-refractivity contribution in [3.8, 4) is 28.7 Å². The number of carbonyl (C=O) groups excluding carboxylic acids is 1. The quantitative estimate of drug-likeness (QED) is 0.0269. The molecule has 2 aliphatic carbocycles. The number of nitro groups is 2. The Labute approximate surface area is 431 Å². The molecule has 2 N–H and O–H groups in total. The minimum absolute atomic E-state index is 0.00244. The van der Waals surface area contributed by atoms with Crippen molar-refractivity contribution >= 4 is 23.2 Å². The number of allylic oxidation sites excluding steroid dienone is 1. The number of oxime groups is 1. The first-order valence-electron chi connectivity index (χ1n) is 24.9. The summed E-state index contributed by atoms with van der Waals surface area (Å²) in [6.45, 7) is 3.73. The number of halogens is 1. The lowest BCUT2D eigenvalue weighted by Gasteiger charge is -2.59. The number of nitro benzene ring substituents is 2. The van der Waals surface area contributed by atoms with Crippen molar-refractivity contribution in [1.29, 1.82) is 0 Å². The molecule has 9 rings (SSSR count). The van der Waals surface area contributed by atoms with E-state index in [4.69, 9.17) is 38.4 Å². The number of ether oxygens (including phenoxy) is 6. The van der Waals surface area contributed by atoms with E-state index in [0.717, 1.165) is 11.1 Å². The molecule has 6 atom stereocenters. The number of unbranched alkanes of at least 4 members (excludes halogenated alkanes) is 2. The lowest BCUT2D eigenvalue weighted by molar-refractivity contribution is -0.385. The van der Waals surface area contributed by atoms with Gasteiger partial charge in [-0.3, -0.25) is 25.1 Å². The average molecular weight is 1030 g/mol. The molecule has 19 heteroatoms. The maximum absolute atomic E-state index is 15.3. The van der Waals surface area contributed by atoms with E-state index in [2.05, 4.69) is 12.7 Å². The van der Waals surface area contributed by atoms with Crippen LogP contribution >= 0.6 is 0 Å². The molecule has 1 amide bonds. The van der Waals surface area contributed by atoms with Gasteiger partial charge in [0.1, 0.15) is 42.3 Å². The fourth-order valence-corrected chi connectivity index (χ4v) is 10.7. The van der Waals surface area contributed by atoms with E-state index >= 15 is 4.79 Å². The van der Waals surface area contributed by atoms with Gasteiger partial charge in [0, 0.05) is 67.5 Å². The number of hydrogen-bond acceptors (Lipinski definition) is 15. The Morgan fingerprint density at radius 1 is 0.827 bits per heavy atom. The van der Waals surface area contributed by atoms with Crippen LogP contribution in [0.1, 0.15) is 73.1 Å². The molecule has 2 aliphatic heterocycles. The molecule has 6 unspecified atom stereocenters. The Morgan fingerprint density at radius 3 is 2.23 bits per heavy atom. The molecule has 0 aromatic heterocycles. The second-order valence-electron chi connectivity index (χ2n) is 18.8. The Kier molecular flexibility index (Phi) is 16.3. The SMILES string of the molecule is C=CCOC12Oc3ccc(OCc4ccccc4F)cc3C3C(CCCCO)C(CCCCO)C=C(C(=NOCc4ccc([N+](=O)[O-])cc4)CC1N(Cc1ccc4c(c1)OCO4)C(=O)Oc1ccc([N+](=O)[O-])cc1)C32. The topological polar surface area (TPSA) is 224 Å². The minimum Gasteiger partial charge on any atom is -0.489 e. The van der Waals surface area contributed by atoms with Gasteiger partial charge in [0.15, 0.2) is 11.5 Å². The molecule has 392 valence electrons. The molecule has 0 saturated heterocycles. The van der Waals surface area contributed by atoms with Crippen molar-refractivity contribution in [2.24, 2.45) is 22.9 Å². The van der Waals surface area contributed by atoms with Gasteiger partial charge in [-0.05, 0) is 115 Å². The van der Waals surface area contributed by atoms with Gasteiger partial charge in [-0.2, -0.15) is 0 Å². The third kappa shape index (κ3) is 11.4. The number of rotatable bonds is 23. The van der Waals surface area contributed by atoms with Crippen LogP contribution in [0.25, 0.3) is 0 Å². The van der Waals surface area contributed by atoms with Crippen molar-refractivity contribution in [2.45, 2.75) is 82.5 Å². The normalized spacial score (nSPS) is 21.5. The van der Waals surface area contributed by atoms with Crippen LogP contribution in [0.5, 0.6) is 28.7 Å². The van der Waals surface area contributed by atoms with E-state index in [1.54, 1.807) is 66.7 Å². The molecule has 2 heterocycles. The van der Waals surface area contributed by atoms with Crippen molar-refractivity contribution in [3.63, 3.8) is 0 Å². The summed E-state index contributed by atoms with van der Waals surface area (Å²) in [5.41, 5.74) is 3.25. The highest BCUT2D eigenvalue weighted by molar-refractivity contribution is 6.03. The van der Waals surface area contributed by atoms with Gasteiger partial charge in [-0.15, -0.1) is 6.58 Å². The second kappa shape index (κ2) is 23.6. The summed E-state index contributed by atoms with van der Waals surface area (Å²) in [4.78, 5) is 45.0. The standard InChI is InChI=1S/C56H57FN4O14/c1-2-27-72-56-52(59(32-37-15-23-50-51(28-37)71-35-70-50)55(64)74-42-20-18-41(19-21-42)61(67)68)31-48(58-73-33-36-13-16-40(17-14-36)60(65)66)45-29-38(9-5-7-25-62)44(11-6-8-26-63)53(54(45)56)46-30-43(22-24-49(46)75-56)69-34-39-10-3-4-12-47(39)57/h2-4,10,12-24,28-30,38,44,52-54,62-63H,1,5-9,11,25-27,31-35H2. The second-order valence-corrected chi connectivity index (χ2v) is 18.8. The van der Waals surface area contributed by atoms with Crippen LogP contribution in [-0.4, -0.2) is 75.2 Å². The van der Waals surface area contributed by atoms with Gasteiger partial charge in [-0.25, -0.2) is 9.18 Å². The number of benzene rings is 5. The van der Waals surface area contributed by atoms with E-state index in [-0.39, 0.29) is 81.8 Å². The summed E-state index contributed by atoms with van der Waals surface area (Å²) < 4.78 is 53.3. The van der Waals surface area contributed by atoms with Gasteiger partial charge < -0.3 is 43.5 Å². The van der Waals surface area contributed by atoms with Crippen molar-refractivity contribution in [1.82, 2.24) is 4.90 Å². The fraction of sp³-hybridized carbons (Fsp3) is 0.357. The highest BCUT2D eigenvalue weighted by atomic mass is 19.1. The van der Waals surface area contributed by atoms with Gasteiger partial charge in [0.25, 0.3) is 11.4 Å². The lowest BCUT2D eigenvalue weighted by atomic mass is 9.55. The minimum atomic E-state index is -1.74.